The molecule has 0 saturated carbocycles. The van der Waals surface area contributed by atoms with E-state index < -0.39 is 0 Å². The molecule has 2 saturated heterocycles. The summed E-state index contributed by atoms with van der Waals surface area (Å²) in [5.41, 5.74) is 1.19. The van der Waals surface area contributed by atoms with Gasteiger partial charge in [-0.25, -0.2) is 0 Å². The minimum absolute atomic E-state index is 0.0456. The predicted molar refractivity (Wildman–Crippen MR) is 93.5 cm³/mol. The van der Waals surface area contributed by atoms with Crippen LogP contribution in [0.4, 0.5) is 5.69 Å². The van der Waals surface area contributed by atoms with Gasteiger partial charge in [-0.3, -0.25) is 9.59 Å². The highest BCUT2D eigenvalue weighted by molar-refractivity contribution is 6.31. The van der Waals surface area contributed by atoms with Gasteiger partial charge in [-0.1, -0.05) is 11.6 Å². The van der Waals surface area contributed by atoms with E-state index in [1.165, 1.54) is 0 Å². The second-order valence-electron chi connectivity index (χ2n) is 6.38. The van der Waals surface area contributed by atoms with Gasteiger partial charge in [0.15, 0.2) is 0 Å². The van der Waals surface area contributed by atoms with Crippen LogP contribution < -0.4 is 4.90 Å². The number of benzene rings is 1. The van der Waals surface area contributed by atoms with E-state index in [-0.39, 0.29) is 11.8 Å². The molecule has 0 N–H and O–H groups in total. The quantitative estimate of drug-likeness (QED) is 0.820. The zero-order chi connectivity index (χ0) is 17.1. The van der Waals surface area contributed by atoms with Crippen LogP contribution in [0.1, 0.15) is 36.5 Å². The third-order valence-corrected chi connectivity index (χ3v) is 4.96. The number of hydrogen-bond donors (Lipinski definition) is 0. The van der Waals surface area contributed by atoms with Crippen LogP contribution >= 0.6 is 11.6 Å². The van der Waals surface area contributed by atoms with E-state index in [0.717, 1.165) is 19.4 Å². The SMILES string of the molecule is CCN(CC1CCOC1)C(=O)c1ccc(Cl)cc1N1CCCC1=O. The summed E-state index contributed by atoms with van der Waals surface area (Å²) < 4.78 is 5.41. The number of halogens is 1. The third-order valence-electron chi connectivity index (χ3n) is 4.73. The molecule has 130 valence electrons. The van der Waals surface area contributed by atoms with Crippen LogP contribution in [0.5, 0.6) is 0 Å². The van der Waals surface area contributed by atoms with Crippen LogP contribution in [0.3, 0.4) is 0 Å². The Labute approximate surface area is 147 Å². The Kier molecular flexibility index (Phi) is 5.41. The minimum Gasteiger partial charge on any atom is -0.381 e. The lowest BCUT2D eigenvalue weighted by Gasteiger charge is -2.27. The Morgan fingerprint density at radius 2 is 2.29 bits per heavy atom. The Balaban J connectivity index is 1.86. The minimum atomic E-state index is -0.0456. The van der Waals surface area contributed by atoms with Crippen LogP contribution in [0.15, 0.2) is 18.2 Å². The maximum absolute atomic E-state index is 13.1. The molecule has 24 heavy (non-hydrogen) atoms. The summed E-state index contributed by atoms with van der Waals surface area (Å²) in [7, 11) is 0. The fourth-order valence-corrected chi connectivity index (χ4v) is 3.54. The van der Waals surface area contributed by atoms with Gasteiger partial charge >= 0.3 is 0 Å². The molecule has 5 nitrogen and oxygen atoms in total. The summed E-state index contributed by atoms with van der Waals surface area (Å²) in [5, 5.41) is 0.536. The molecule has 0 spiro atoms. The van der Waals surface area contributed by atoms with E-state index >= 15 is 0 Å². The molecule has 1 aromatic carbocycles. The van der Waals surface area contributed by atoms with Gasteiger partial charge in [0.25, 0.3) is 5.91 Å². The molecule has 0 bridgehead atoms. The van der Waals surface area contributed by atoms with Crippen molar-refractivity contribution in [3.05, 3.63) is 28.8 Å². The molecule has 2 aliphatic heterocycles. The smallest absolute Gasteiger partial charge is 0.255 e. The molecule has 1 atom stereocenters. The number of amides is 2. The van der Waals surface area contributed by atoms with Crippen LogP contribution in [0, 0.1) is 5.92 Å². The molecule has 2 heterocycles. The average Bonchev–Trinajstić information content (AvgIpc) is 3.23. The summed E-state index contributed by atoms with van der Waals surface area (Å²) in [4.78, 5) is 28.7. The van der Waals surface area contributed by atoms with E-state index in [1.54, 1.807) is 23.1 Å². The first-order valence-corrected chi connectivity index (χ1v) is 8.95. The fourth-order valence-electron chi connectivity index (χ4n) is 3.38. The lowest BCUT2D eigenvalue weighted by atomic mass is 10.1. The van der Waals surface area contributed by atoms with Gasteiger partial charge in [-0.05, 0) is 38.0 Å². The number of carbonyl (C=O) groups excluding carboxylic acids is 2. The Morgan fingerprint density at radius 1 is 1.46 bits per heavy atom. The largest absolute Gasteiger partial charge is 0.381 e. The molecule has 0 radical (unpaired) electrons. The van der Waals surface area contributed by atoms with Crippen LogP contribution in [0.2, 0.25) is 5.02 Å². The normalized spacial score (nSPS) is 20.7. The third kappa shape index (κ3) is 3.57. The van der Waals surface area contributed by atoms with Crippen molar-refractivity contribution >= 4 is 29.1 Å². The number of rotatable bonds is 5. The fraction of sp³-hybridized carbons (Fsp3) is 0.556. The van der Waals surface area contributed by atoms with Crippen LogP contribution in [-0.4, -0.2) is 49.6 Å². The summed E-state index contributed by atoms with van der Waals surface area (Å²) in [6.07, 6.45) is 2.33. The van der Waals surface area contributed by atoms with Crippen molar-refractivity contribution in [3.8, 4) is 0 Å². The van der Waals surface area contributed by atoms with Crippen molar-refractivity contribution in [1.82, 2.24) is 4.90 Å². The van der Waals surface area contributed by atoms with Gasteiger partial charge in [0.1, 0.15) is 0 Å². The van der Waals surface area contributed by atoms with E-state index in [4.69, 9.17) is 16.3 Å². The lowest BCUT2D eigenvalue weighted by molar-refractivity contribution is -0.117. The van der Waals surface area contributed by atoms with Crippen molar-refractivity contribution in [3.63, 3.8) is 0 Å². The monoisotopic (exact) mass is 350 g/mol. The zero-order valence-corrected chi connectivity index (χ0v) is 14.7. The Hall–Kier alpha value is -1.59. The molecule has 0 aliphatic carbocycles. The van der Waals surface area contributed by atoms with Crippen LogP contribution in [-0.2, 0) is 9.53 Å². The molecule has 2 amide bonds. The van der Waals surface area contributed by atoms with Gasteiger partial charge < -0.3 is 14.5 Å². The molecule has 2 fully saturated rings. The van der Waals surface area contributed by atoms with E-state index in [1.807, 2.05) is 11.8 Å². The number of nitrogens with zero attached hydrogens (tertiary/aromatic N) is 2. The summed E-state index contributed by atoms with van der Waals surface area (Å²) in [6, 6.07) is 5.18. The van der Waals surface area contributed by atoms with Crippen molar-refractivity contribution in [1.29, 1.82) is 0 Å². The number of carbonyl (C=O) groups is 2. The molecule has 6 heteroatoms. The highest BCUT2D eigenvalue weighted by Crippen LogP contribution is 2.30. The van der Waals surface area contributed by atoms with E-state index in [9.17, 15) is 9.59 Å². The molecular formula is C18H23ClN2O3. The highest BCUT2D eigenvalue weighted by Gasteiger charge is 2.29. The molecule has 2 aliphatic rings. The van der Waals surface area contributed by atoms with Gasteiger partial charge in [-0.15, -0.1) is 0 Å². The first-order chi connectivity index (χ1) is 11.6. The molecule has 1 unspecified atom stereocenters. The standard InChI is InChI=1S/C18H23ClN2O3/c1-2-20(11-13-7-9-24-12-13)18(23)15-6-5-14(19)10-16(15)21-8-3-4-17(21)22/h5-6,10,13H,2-4,7-9,11-12H2,1H3. The highest BCUT2D eigenvalue weighted by atomic mass is 35.5. The zero-order valence-electron chi connectivity index (χ0n) is 14.0. The Bertz CT molecular complexity index is 629. The predicted octanol–water partition coefficient (Wildman–Crippen LogP) is 2.97. The number of anilines is 1. The van der Waals surface area contributed by atoms with Gasteiger partial charge in [0.05, 0.1) is 17.9 Å². The average molecular weight is 351 g/mol. The number of hydrogen-bond acceptors (Lipinski definition) is 3. The van der Waals surface area contributed by atoms with Gasteiger partial charge in [-0.2, -0.15) is 0 Å². The van der Waals surface area contributed by atoms with Crippen molar-refractivity contribution in [2.45, 2.75) is 26.2 Å². The number of ether oxygens (including phenoxy) is 1. The van der Waals surface area contributed by atoms with Crippen molar-refractivity contribution in [2.75, 3.05) is 37.7 Å². The second kappa shape index (κ2) is 7.53. The second-order valence-corrected chi connectivity index (χ2v) is 6.82. The molecule has 0 aromatic heterocycles. The maximum Gasteiger partial charge on any atom is 0.255 e. The topological polar surface area (TPSA) is 49.9 Å². The first-order valence-electron chi connectivity index (χ1n) is 8.57. The van der Waals surface area contributed by atoms with Gasteiger partial charge in [0, 0.05) is 43.6 Å². The van der Waals surface area contributed by atoms with E-state index in [0.29, 0.717) is 54.9 Å². The van der Waals surface area contributed by atoms with Crippen LogP contribution in [0.25, 0.3) is 0 Å². The molecule has 1 aromatic rings. The summed E-state index contributed by atoms with van der Waals surface area (Å²) >= 11 is 6.12. The van der Waals surface area contributed by atoms with Crippen molar-refractivity contribution in [2.24, 2.45) is 5.92 Å². The maximum atomic E-state index is 13.1. The van der Waals surface area contributed by atoms with E-state index in [2.05, 4.69) is 0 Å². The van der Waals surface area contributed by atoms with Gasteiger partial charge in [0.2, 0.25) is 5.91 Å². The Morgan fingerprint density at radius 3 is 2.92 bits per heavy atom. The summed E-state index contributed by atoms with van der Waals surface area (Å²) in [6.45, 7) is 5.41. The molecular weight excluding hydrogens is 328 g/mol. The first kappa shape index (κ1) is 17.2. The summed E-state index contributed by atoms with van der Waals surface area (Å²) in [5.74, 6) is 0.396. The molecule has 3 rings (SSSR count). The van der Waals surface area contributed by atoms with Crippen molar-refractivity contribution < 1.29 is 14.3 Å². The lowest BCUT2D eigenvalue weighted by Crippen LogP contribution is -2.37.